The van der Waals surface area contributed by atoms with Crippen LogP contribution < -0.4 is 21.1 Å². The van der Waals surface area contributed by atoms with Crippen molar-refractivity contribution < 1.29 is 13.5 Å². The van der Waals surface area contributed by atoms with E-state index >= 15 is 0 Å². The Labute approximate surface area is 206 Å². The fourth-order valence-electron chi connectivity index (χ4n) is 5.40. The number of nitrogen functional groups attached to an aromatic ring is 2. The number of anilines is 3. The minimum atomic E-state index is -2.32. The zero-order chi connectivity index (χ0) is 24.6. The first-order valence-corrected chi connectivity index (χ1v) is 13.0. The Balaban J connectivity index is 1.40. The smallest absolute Gasteiger partial charge is 0.222 e. The van der Waals surface area contributed by atoms with Gasteiger partial charge in [-0.2, -0.15) is 10.1 Å². The van der Waals surface area contributed by atoms with Gasteiger partial charge >= 0.3 is 0 Å². The predicted octanol–water partition coefficient (Wildman–Crippen LogP) is 2.25. The molecule has 1 saturated carbocycles. The molecular weight excluding hydrogens is 468 g/mol. The summed E-state index contributed by atoms with van der Waals surface area (Å²) in [5, 5.41) is 7.84. The average Bonchev–Trinajstić information content (AvgIpc) is 3.20. The molecule has 1 aromatic carbocycles. The molecule has 188 valence electrons. The maximum atomic E-state index is 11.5. The highest BCUT2D eigenvalue weighted by molar-refractivity contribution is 7.77. The molecule has 3 aromatic rings. The molecule has 1 aliphatic carbocycles. The van der Waals surface area contributed by atoms with Gasteiger partial charge < -0.3 is 25.7 Å². The maximum Gasteiger partial charge on any atom is 0.222 e. The summed E-state index contributed by atoms with van der Waals surface area (Å²) >= 11 is -2.32. The molecule has 2 aromatic heterocycles. The van der Waals surface area contributed by atoms with E-state index in [1.54, 1.807) is 0 Å². The topological polar surface area (TPSA) is 171 Å². The van der Waals surface area contributed by atoms with Crippen molar-refractivity contribution in [2.24, 2.45) is 0 Å². The number of nitrogens with two attached hydrogens (primary N) is 2. The molecule has 5 rings (SSSR count). The second kappa shape index (κ2) is 9.69. The van der Waals surface area contributed by atoms with E-state index in [-0.39, 0.29) is 18.1 Å². The van der Waals surface area contributed by atoms with Gasteiger partial charge in [0.1, 0.15) is 5.82 Å². The monoisotopic (exact) mass is 499 g/mol. The zero-order valence-corrected chi connectivity index (χ0v) is 20.5. The van der Waals surface area contributed by atoms with Crippen LogP contribution in [0, 0.1) is 0 Å². The summed E-state index contributed by atoms with van der Waals surface area (Å²) in [6, 6.07) is 7.79. The number of nitrogens with one attached hydrogen (secondary N) is 2. The number of morpholine rings is 1. The Bertz CT molecular complexity index is 1230. The number of fused-ring (bicyclic) bond motifs is 1. The highest BCUT2D eigenvalue weighted by Gasteiger charge is 2.38. The second-order valence-electron chi connectivity index (χ2n) is 9.68. The summed E-state index contributed by atoms with van der Waals surface area (Å²) < 4.78 is 32.1. The van der Waals surface area contributed by atoms with Crippen LogP contribution >= 0.6 is 0 Å². The number of aromatic nitrogens is 4. The van der Waals surface area contributed by atoms with Gasteiger partial charge in [-0.05, 0) is 38.3 Å². The van der Waals surface area contributed by atoms with Gasteiger partial charge in [-0.25, -0.2) is 9.71 Å². The molecule has 1 aliphatic heterocycles. The molecule has 11 nitrogen and oxygen atoms in total. The van der Waals surface area contributed by atoms with E-state index in [2.05, 4.69) is 36.7 Å². The molecule has 1 unspecified atom stereocenters. The van der Waals surface area contributed by atoms with Gasteiger partial charge in [0.25, 0.3) is 0 Å². The summed E-state index contributed by atoms with van der Waals surface area (Å²) in [6.45, 7) is 3.18. The number of hydrogen-bond acceptors (Lipinski definition) is 9. The summed E-state index contributed by atoms with van der Waals surface area (Å²) in [4.78, 5) is 11.2. The summed E-state index contributed by atoms with van der Waals surface area (Å²) in [5.74, 6) is 1.35. The molecule has 0 radical (unpaired) electrons. The lowest BCUT2D eigenvalue weighted by atomic mass is 9.78. The van der Waals surface area contributed by atoms with Crippen molar-refractivity contribution in [1.29, 1.82) is 0 Å². The fourth-order valence-corrected chi connectivity index (χ4v) is 6.04. The van der Waals surface area contributed by atoms with Crippen LogP contribution in [0.5, 0.6) is 0 Å². The third kappa shape index (κ3) is 5.10. The predicted molar refractivity (Wildman–Crippen MR) is 135 cm³/mol. The Morgan fingerprint density at radius 2 is 2.06 bits per heavy atom. The lowest BCUT2D eigenvalue weighted by Crippen LogP contribution is -2.55. The molecule has 0 spiro atoms. The number of aromatic amines is 1. The Morgan fingerprint density at radius 1 is 1.26 bits per heavy atom. The lowest BCUT2D eigenvalue weighted by Gasteiger charge is -2.45. The van der Waals surface area contributed by atoms with E-state index < -0.39 is 16.8 Å². The molecule has 2 aliphatic rings. The van der Waals surface area contributed by atoms with Crippen molar-refractivity contribution in [1.82, 2.24) is 24.9 Å². The van der Waals surface area contributed by atoms with E-state index in [0.717, 1.165) is 54.4 Å². The maximum absolute atomic E-state index is 11.5. The first-order valence-electron chi connectivity index (χ1n) is 12.0. The van der Waals surface area contributed by atoms with Gasteiger partial charge in [-0.15, -0.1) is 0 Å². The largest absolute Gasteiger partial charge is 0.760 e. The van der Waals surface area contributed by atoms with Crippen LogP contribution in [0.1, 0.15) is 45.4 Å². The van der Waals surface area contributed by atoms with Gasteiger partial charge in [0.2, 0.25) is 5.95 Å². The molecule has 3 atom stereocenters. The number of benzene rings is 1. The van der Waals surface area contributed by atoms with Crippen LogP contribution in [0.3, 0.4) is 0 Å². The Kier molecular flexibility index (Phi) is 6.62. The van der Waals surface area contributed by atoms with E-state index in [1.165, 1.54) is 0 Å². The van der Waals surface area contributed by atoms with Gasteiger partial charge in [0.05, 0.1) is 30.0 Å². The Morgan fingerprint density at radius 3 is 2.83 bits per heavy atom. The highest BCUT2D eigenvalue weighted by Crippen LogP contribution is 2.35. The van der Waals surface area contributed by atoms with E-state index in [4.69, 9.17) is 16.2 Å². The second-order valence-corrected chi connectivity index (χ2v) is 10.4. The number of ether oxygens (including phenoxy) is 1. The standard InChI is InChI=1S/C23H32N8O3S/c1-14-13-34-16(11-23(30-35(32)33)7-3-2-4-8-23)12-31(14)20-10-18(26-22(25)27-20)15-5-6-17-19(9-15)28-29-21(17)24/h5-6,9-10,14,16,30H,2-4,7-8,11-13H2,1H3,(H,32,33)(H3,24,28,29)(H2,25,26,27)/p-1/t14-,16+/m1/s1. The third-order valence-corrected chi connectivity index (χ3v) is 7.75. The number of H-pyrrole nitrogens is 1. The summed E-state index contributed by atoms with van der Waals surface area (Å²) in [5.41, 5.74) is 14.0. The van der Waals surface area contributed by atoms with Crippen molar-refractivity contribution in [3.63, 3.8) is 0 Å². The SMILES string of the molecule is C[C@@H]1CO[C@@H](CC2(NS(=O)[O-])CCCCC2)CN1c1cc(-c2ccc3c(N)n[nH]c3c2)nc(N)n1. The van der Waals surface area contributed by atoms with Gasteiger partial charge in [0, 0.05) is 40.4 Å². The van der Waals surface area contributed by atoms with Crippen LogP contribution in [0.15, 0.2) is 24.3 Å². The minimum absolute atomic E-state index is 0.0761. The molecule has 35 heavy (non-hydrogen) atoms. The van der Waals surface area contributed by atoms with E-state index in [1.807, 2.05) is 24.3 Å². The van der Waals surface area contributed by atoms with Gasteiger partial charge in [-0.1, -0.05) is 25.3 Å². The summed E-state index contributed by atoms with van der Waals surface area (Å²) in [6.07, 6.45) is 5.27. The number of nitrogens with zero attached hydrogens (tertiary/aromatic N) is 4. The van der Waals surface area contributed by atoms with Crippen LogP contribution in [-0.4, -0.2) is 59.8 Å². The zero-order valence-electron chi connectivity index (χ0n) is 19.7. The van der Waals surface area contributed by atoms with Crippen LogP contribution in [0.25, 0.3) is 22.2 Å². The van der Waals surface area contributed by atoms with E-state index in [9.17, 15) is 8.76 Å². The van der Waals surface area contributed by atoms with Crippen molar-refractivity contribution in [3.8, 4) is 11.3 Å². The van der Waals surface area contributed by atoms with Crippen LogP contribution in [0.2, 0.25) is 0 Å². The van der Waals surface area contributed by atoms with Crippen LogP contribution in [-0.2, 0) is 16.0 Å². The molecule has 0 bridgehead atoms. The van der Waals surface area contributed by atoms with Crippen molar-refractivity contribution >= 4 is 39.8 Å². The quantitative estimate of drug-likeness (QED) is 0.371. The van der Waals surface area contributed by atoms with Gasteiger partial charge in [-0.3, -0.25) is 9.31 Å². The minimum Gasteiger partial charge on any atom is -0.760 e. The number of rotatable bonds is 6. The third-order valence-electron chi connectivity index (χ3n) is 7.15. The molecule has 1 saturated heterocycles. The first-order chi connectivity index (χ1) is 16.8. The van der Waals surface area contributed by atoms with Crippen LogP contribution in [0.4, 0.5) is 17.6 Å². The number of hydrogen-bond donors (Lipinski definition) is 4. The normalized spacial score (nSPS) is 23.4. The fraction of sp³-hybridized carbons (Fsp3) is 0.522. The van der Waals surface area contributed by atoms with Crippen molar-refractivity contribution in [2.45, 2.75) is 63.1 Å². The average molecular weight is 500 g/mol. The Hall–Kier alpha value is -2.80. The van der Waals surface area contributed by atoms with E-state index in [0.29, 0.717) is 31.1 Å². The molecule has 2 fully saturated rings. The highest BCUT2D eigenvalue weighted by atomic mass is 32.2. The van der Waals surface area contributed by atoms with Crippen molar-refractivity contribution in [3.05, 3.63) is 24.3 Å². The lowest BCUT2D eigenvalue weighted by molar-refractivity contribution is -0.00236. The molecule has 3 heterocycles. The first kappa shape index (κ1) is 23.9. The van der Waals surface area contributed by atoms with Gasteiger partial charge in [0.15, 0.2) is 5.82 Å². The summed E-state index contributed by atoms with van der Waals surface area (Å²) in [7, 11) is 0. The van der Waals surface area contributed by atoms with Crippen molar-refractivity contribution in [2.75, 3.05) is 29.5 Å². The molecule has 6 N–H and O–H groups in total. The molecule has 12 heteroatoms. The molecular formula is C23H31N8O3S-. The molecule has 0 amide bonds.